The number of hydrogen-bond donors (Lipinski definition) is 2. The van der Waals surface area contributed by atoms with Crippen molar-refractivity contribution in [2.45, 2.75) is 33.6 Å². The van der Waals surface area contributed by atoms with Gasteiger partial charge < -0.3 is 9.52 Å². The van der Waals surface area contributed by atoms with E-state index in [0.29, 0.717) is 5.13 Å². The largest absolute Gasteiger partial charge is 0.481 e. The van der Waals surface area contributed by atoms with Crippen LogP contribution in [0.5, 0.6) is 0 Å². The van der Waals surface area contributed by atoms with Gasteiger partial charge in [0.05, 0.1) is 17.5 Å². The van der Waals surface area contributed by atoms with Gasteiger partial charge >= 0.3 is 5.97 Å². The fourth-order valence-electron chi connectivity index (χ4n) is 1.97. The minimum Gasteiger partial charge on any atom is -0.481 e. The minimum atomic E-state index is -1.05. The fourth-order valence-corrected chi connectivity index (χ4v) is 2.68. The number of carboxylic acid groups (broad SMARTS) is 1. The molecule has 2 N–H and O–H groups in total. The molecule has 0 unspecified atom stereocenters. The highest BCUT2D eigenvalue weighted by molar-refractivity contribution is 7.14. The number of nitrogens with zero attached hydrogens (tertiary/aromatic N) is 1. The Balaban J connectivity index is 2.06. The third-order valence-electron chi connectivity index (χ3n) is 2.79. The molecule has 0 aliphatic heterocycles. The SMILES string of the molecule is CC(C)(C)Cc1csc(NC(=O)c2ccoc2CC(=O)O)n1. The second-order valence-electron chi connectivity index (χ2n) is 6.16. The van der Waals surface area contributed by atoms with Gasteiger partial charge in [-0.2, -0.15) is 0 Å². The lowest BCUT2D eigenvalue weighted by molar-refractivity contribution is -0.136. The number of carbonyl (C=O) groups excluding carboxylic acids is 1. The van der Waals surface area contributed by atoms with E-state index in [0.717, 1.165) is 12.1 Å². The number of anilines is 1. The third-order valence-corrected chi connectivity index (χ3v) is 3.59. The van der Waals surface area contributed by atoms with Crippen molar-refractivity contribution < 1.29 is 19.1 Å². The lowest BCUT2D eigenvalue weighted by Crippen LogP contribution is -2.14. The van der Waals surface area contributed by atoms with Crippen LogP contribution in [0.15, 0.2) is 22.1 Å². The molecule has 2 rings (SSSR count). The van der Waals surface area contributed by atoms with E-state index in [9.17, 15) is 9.59 Å². The molecule has 0 atom stereocenters. The predicted octanol–water partition coefficient (Wildman–Crippen LogP) is 3.20. The average molecular weight is 322 g/mol. The molecule has 0 bridgehead atoms. The summed E-state index contributed by atoms with van der Waals surface area (Å²) in [5.74, 6) is -1.33. The number of aromatic nitrogens is 1. The first kappa shape index (κ1) is 16.2. The van der Waals surface area contributed by atoms with Crippen molar-refractivity contribution in [3.63, 3.8) is 0 Å². The van der Waals surface area contributed by atoms with Gasteiger partial charge in [-0.05, 0) is 17.9 Å². The number of amides is 1. The molecule has 1 amide bonds. The first-order valence-corrected chi connectivity index (χ1v) is 7.66. The van der Waals surface area contributed by atoms with Crippen molar-refractivity contribution in [2.75, 3.05) is 5.32 Å². The molecule has 0 aliphatic rings. The van der Waals surface area contributed by atoms with E-state index in [2.05, 4.69) is 31.1 Å². The molecule has 0 saturated heterocycles. The number of aliphatic carboxylic acids is 1. The molecule has 2 aromatic rings. The summed E-state index contributed by atoms with van der Waals surface area (Å²) in [4.78, 5) is 27.3. The summed E-state index contributed by atoms with van der Waals surface area (Å²) in [6.07, 6.45) is 1.79. The molecule has 7 heteroatoms. The van der Waals surface area contributed by atoms with Crippen molar-refractivity contribution in [3.05, 3.63) is 34.7 Å². The number of rotatable bonds is 5. The van der Waals surface area contributed by atoms with E-state index in [1.54, 1.807) is 0 Å². The van der Waals surface area contributed by atoms with Gasteiger partial charge in [-0.15, -0.1) is 11.3 Å². The number of furan rings is 1. The molecule has 0 spiro atoms. The van der Waals surface area contributed by atoms with Crippen molar-refractivity contribution in [2.24, 2.45) is 5.41 Å². The van der Waals surface area contributed by atoms with E-state index in [4.69, 9.17) is 9.52 Å². The molecule has 22 heavy (non-hydrogen) atoms. The highest BCUT2D eigenvalue weighted by atomic mass is 32.1. The molecule has 2 heterocycles. The number of carbonyl (C=O) groups is 2. The highest BCUT2D eigenvalue weighted by Gasteiger charge is 2.19. The average Bonchev–Trinajstić information content (AvgIpc) is 2.96. The van der Waals surface area contributed by atoms with Gasteiger partial charge in [0.25, 0.3) is 5.91 Å². The van der Waals surface area contributed by atoms with Gasteiger partial charge in [0.15, 0.2) is 5.13 Å². The van der Waals surface area contributed by atoms with Crippen LogP contribution >= 0.6 is 11.3 Å². The van der Waals surface area contributed by atoms with E-state index < -0.39 is 11.9 Å². The molecular weight excluding hydrogens is 304 g/mol. The number of nitrogens with one attached hydrogen (secondary N) is 1. The maximum absolute atomic E-state index is 12.2. The number of carboxylic acids is 1. The summed E-state index contributed by atoms with van der Waals surface area (Å²) in [7, 11) is 0. The van der Waals surface area contributed by atoms with Crippen molar-refractivity contribution in [1.29, 1.82) is 0 Å². The second kappa shape index (κ2) is 6.31. The molecule has 0 saturated carbocycles. The zero-order chi connectivity index (χ0) is 16.3. The van der Waals surface area contributed by atoms with Crippen molar-refractivity contribution in [3.8, 4) is 0 Å². The van der Waals surface area contributed by atoms with Crippen LogP contribution in [0.4, 0.5) is 5.13 Å². The Morgan fingerprint density at radius 3 is 2.77 bits per heavy atom. The van der Waals surface area contributed by atoms with E-state index in [1.807, 2.05) is 5.38 Å². The molecule has 0 fully saturated rings. The van der Waals surface area contributed by atoms with Crippen LogP contribution in [-0.4, -0.2) is 22.0 Å². The van der Waals surface area contributed by atoms with Crippen LogP contribution in [0.3, 0.4) is 0 Å². The monoisotopic (exact) mass is 322 g/mol. The molecular formula is C15H18N2O4S. The third kappa shape index (κ3) is 4.42. The lowest BCUT2D eigenvalue weighted by atomic mass is 9.91. The summed E-state index contributed by atoms with van der Waals surface area (Å²) in [5.41, 5.74) is 1.26. The van der Waals surface area contributed by atoms with Crippen LogP contribution in [-0.2, 0) is 17.6 Å². The van der Waals surface area contributed by atoms with Crippen molar-refractivity contribution in [1.82, 2.24) is 4.98 Å². The normalized spacial score (nSPS) is 11.4. The zero-order valence-corrected chi connectivity index (χ0v) is 13.5. The number of thiazole rings is 1. The molecule has 0 radical (unpaired) electrons. The zero-order valence-electron chi connectivity index (χ0n) is 12.7. The summed E-state index contributed by atoms with van der Waals surface area (Å²) >= 11 is 1.35. The van der Waals surface area contributed by atoms with Crippen LogP contribution in [0.1, 0.15) is 42.6 Å². The van der Waals surface area contributed by atoms with Crippen LogP contribution in [0.25, 0.3) is 0 Å². The Hall–Kier alpha value is -2.15. The van der Waals surface area contributed by atoms with Gasteiger partial charge in [-0.1, -0.05) is 20.8 Å². The summed E-state index contributed by atoms with van der Waals surface area (Å²) in [6.45, 7) is 6.36. The second-order valence-corrected chi connectivity index (χ2v) is 7.02. The lowest BCUT2D eigenvalue weighted by Gasteiger charge is -2.15. The first-order chi connectivity index (χ1) is 10.2. The Morgan fingerprint density at radius 1 is 1.41 bits per heavy atom. The standard InChI is InChI=1S/C15H18N2O4S/c1-15(2,3)7-9-8-22-14(16-9)17-13(20)10-4-5-21-11(10)6-12(18)19/h4-5,8H,6-7H2,1-3H3,(H,18,19)(H,16,17,20). The molecule has 2 aromatic heterocycles. The van der Waals surface area contributed by atoms with Gasteiger partial charge in [0, 0.05) is 5.38 Å². The van der Waals surface area contributed by atoms with Gasteiger partial charge in [-0.25, -0.2) is 4.98 Å². The Labute approximate surface area is 132 Å². The Bertz CT molecular complexity index is 682. The maximum atomic E-state index is 12.2. The smallest absolute Gasteiger partial charge is 0.311 e. The maximum Gasteiger partial charge on any atom is 0.311 e. The fraction of sp³-hybridized carbons (Fsp3) is 0.400. The molecule has 118 valence electrons. The Kier molecular flexibility index (Phi) is 4.65. The summed E-state index contributed by atoms with van der Waals surface area (Å²) < 4.78 is 5.05. The predicted molar refractivity (Wildman–Crippen MR) is 83.3 cm³/mol. The topological polar surface area (TPSA) is 92.4 Å². The van der Waals surface area contributed by atoms with Crippen LogP contribution < -0.4 is 5.32 Å². The Morgan fingerprint density at radius 2 is 2.14 bits per heavy atom. The quantitative estimate of drug-likeness (QED) is 0.882. The van der Waals surface area contributed by atoms with E-state index in [1.165, 1.54) is 23.7 Å². The minimum absolute atomic E-state index is 0.120. The van der Waals surface area contributed by atoms with Gasteiger partial charge in [-0.3, -0.25) is 14.9 Å². The van der Waals surface area contributed by atoms with Gasteiger partial charge in [0.1, 0.15) is 12.2 Å². The summed E-state index contributed by atoms with van der Waals surface area (Å²) in [5, 5.41) is 13.9. The van der Waals surface area contributed by atoms with Gasteiger partial charge in [0.2, 0.25) is 0 Å². The highest BCUT2D eigenvalue weighted by Crippen LogP contribution is 2.24. The van der Waals surface area contributed by atoms with E-state index >= 15 is 0 Å². The molecule has 0 aromatic carbocycles. The van der Waals surface area contributed by atoms with Crippen LogP contribution in [0, 0.1) is 5.41 Å². The van der Waals surface area contributed by atoms with Crippen molar-refractivity contribution >= 4 is 28.3 Å². The van der Waals surface area contributed by atoms with Crippen LogP contribution in [0.2, 0.25) is 0 Å². The van der Waals surface area contributed by atoms with E-state index in [-0.39, 0.29) is 23.2 Å². The first-order valence-electron chi connectivity index (χ1n) is 6.78. The molecule has 0 aliphatic carbocycles. The molecule has 6 nitrogen and oxygen atoms in total. The number of hydrogen-bond acceptors (Lipinski definition) is 5. The summed E-state index contributed by atoms with van der Waals surface area (Å²) in [6, 6.07) is 1.46.